The van der Waals surface area contributed by atoms with E-state index < -0.39 is 0 Å². The van der Waals surface area contributed by atoms with Crippen molar-refractivity contribution in [2.24, 2.45) is 5.92 Å². The molecule has 116 valence electrons. The van der Waals surface area contributed by atoms with Gasteiger partial charge in [-0.2, -0.15) is 10.4 Å². The van der Waals surface area contributed by atoms with E-state index in [1.165, 1.54) is 6.33 Å². The highest BCUT2D eigenvalue weighted by Gasteiger charge is 2.46. The van der Waals surface area contributed by atoms with Crippen LogP contribution in [0.5, 0.6) is 0 Å². The van der Waals surface area contributed by atoms with Crippen molar-refractivity contribution in [1.82, 2.24) is 24.7 Å². The molecule has 0 unspecified atom stereocenters. The Morgan fingerprint density at radius 1 is 1.43 bits per heavy atom. The van der Waals surface area contributed by atoms with Gasteiger partial charge in [0.1, 0.15) is 12.0 Å². The first kappa shape index (κ1) is 13.9. The van der Waals surface area contributed by atoms with Crippen molar-refractivity contribution in [1.29, 1.82) is 5.26 Å². The number of hydrogen-bond donors (Lipinski definition) is 1. The van der Waals surface area contributed by atoms with Crippen molar-refractivity contribution >= 4 is 11.0 Å². The molecule has 0 amide bonds. The molecule has 23 heavy (non-hydrogen) atoms. The fourth-order valence-corrected chi connectivity index (χ4v) is 3.49. The summed E-state index contributed by atoms with van der Waals surface area (Å²) in [6.07, 6.45) is 8.63. The normalized spacial score (nSPS) is 23.6. The van der Waals surface area contributed by atoms with E-state index >= 15 is 0 Å². The number of aromatic nitrogens is 5. The molecule has 0 aromatic carbocycles. The molecule has 0 radical (unpaired) electrons. The number of nitriles is 1. The summed E-state index contributed by atoms with van der Waals surface area (Å²) in [6.45, 7) is -0.336. The molecule has 3 aromatic rings. The van der Waals surface area contributed by atoms with Gasteiger partial charge < -0.3 is 4.98 Å². The predicted molar refractivity (Wildman–Crippen MR) is 82.0 cm³/mol. The van der Waals surface area contributed by atoms with Crippen LogP contribution in [0, 0.1) is 17.2 Å². The Morgan fingerprint density at radius 2 is 2.30 bits per heavy atom. The molecule has 0 spiro atoms. The van der Waals surface area contributed by atoms with Gasteiger partial charge in [0.2, 0.25) is 0 Å². The molecular formula is C16H15FN6. The lowest BCUT2D eigenvalue weighted by molar-refractivity contribution is 0.0417. The topological polar surface area (TPSA) is 83.2 Å². The third kappa shape index (κ3) is 2.10. The second kappa shape index (κ2) is 5.16. The number of nitrogens with zero attached hydrogens (tertiary/aromatic N) is 5. The van der Waals surface area contributed by atoms with Crippen LogP contribution in [-0.4, -0.2) is 31.4 Å². The van der Waals surface area contributed by atoms with Gasteiger partial charge in [-0.3, -0.25) is 9.07 Å². The summed E-state index contributed by atoms with van der Waals surface area (Å²) in [5, 5.41) is 14.5. The number of fused-ring (bicyclic) bond motifs is 1. The number of nitrogens with one attached hydrogen (secondary N) is 1. The Bertz CT molecular complexity index is 883. The van der Waals surface area contributed by atoms with Gasteiger partial charge in [-0.1, -0.05) is 0 Å². The van der Waals surface area contributed by atoms with E-state index in [2.05, 4.69) is 26.1 Å². The lowest BCUT2D eigenvalue weighted by Crippen LogP contribution is -2.47. The Hall–Kier alpha value is -2.75. The molecule has 1 aliphatic carbocycles. The van der Waals surface area contributed by atoms with Crippen LogP contribution in [0.3, 0.4) is 0 Å². The summed E-state index contributed by atoms with van der Waals surface area (Å²) >= 11 is 0. The van der Waals surface area contributed by atoms with Crippen molar-refractivity contribution in [2.75, 3.05) is 6.67 Å². The standard InChI is InChI=1S/C16H15FN6/c17-7-11-5-16(6-11,2-3-18)23-9-12(8-22-23)14-13-1-4-19-15(13)21-10-20-14/h1,4,8-11H,2,5-7H2,(H,19,20,21). The van der Waals surface area contributed by atoms with E-state index in [0.717, 1.165) is 22.3 Å². The van der Waals surface area contributed by atoms with E-state index in [-0.39, 0.29) is 18.1 Å². The van der Waals surface area contributed by atoms with Gasteiger partial charge >= 0.3 is 0 Å². The summed E-state index contributed by atoms with van der Waals surface area (Å²) < 4.78 is 14.6. The zero-order valence-corrected chi connectivity index (χ0v) is 12.4. The first-order valence-electron chi connectivity index (χ1n) is 7.52. The molecule has 0 atom stereocenters. The number of aromatic amines is 1. The first-order chi connectivity index (χ1) is 11.3. The second-order valence-corrected chi connectivity index (χ2v) is 6.12. The Kier molecular flexibility index (Phi) is 3.11. The molecule has 0 saturated heterocycles. The van der Waals surface area contributed by atoms with Crippen LogP contribution in [0.4, 0.5) is 4.39 Å². The molecule has 4 rings (SSSR count). The van der Waals surface area contributed by atoms with Crippen molar-refractivity contribution in [3.8, 4) is 17.3 Å². The third-order valence-corrected chi connectivity index (χ3v) is 4.66. The number of H-pyrrole nitrogens is 1. The van der Waals surface area contributed by atoms with Crippen LogP contribution >= 0.6 is 0 Å². The van der Waals surface area contributed by atoms with E-state index in [0.29, 0.717) is 19.3 Å². The molecular weight excluding hydrogens is 295 g/mol. The number of halogens is 1. The lowest BCUT2D eigenvalue weighted by atomic mass is 9.67. The number of alkyl halides is 1. The van der Waals surface area contributed by atoms with Crippen molar-refractivity contribution in [3.63, 3.8) is 0 Å². The van der Waals surface area contributed by atoms with Crippen LogP contribution in [0.15, 0.2) is 31.0 Å². The monoisotopic (exact) mass is 310 g/mol. The quantitative estimate of drug-likeness (QED) is 0.803. The Labute approximate surface area is 132 Å². The van der Waals surface area contributed by atoms with Crippen LogP contribution in [-0.2, 0) is 5.54 Å². The molecule has 3 aromatic heterocycles. The smallest absolute Gasteiger partial charge is 0.141 e. The van der Waals surface area contributed by atoms with Crippen LogP contribution < -0.4 is 0 Å². The molecule has 0 aliphatic heterocycles. The van der Waals surface area contributed by atoms with E-state index in [4.69, 9.17) is 5.26 Å². The van der Waals surface area contributed by atoms with Crippen LogP contribution in [0.1, 0.15) is 19.3 Å². The molecule has 1 saturated carbocycles. The summed E-state index contributed by atoms with van der Waals surface area (Å²) in [5.74, 6) is 0.0337. The number of rotatable bonds is 4. The minimum Gasteiger partial charge on any atom is -0.346 e. The largest absolute Gasteiger partial charge is 0.346 e. The van der Waals surface area contributed by atoms with Crippen molar-refractivity contribution < 1.29 is 4.39 Å². The fraction of sp³-hybridized carbons (Fsp3) is 0.375. The second-order valence-electron chi connectivity index (χ2n) is 6.12. The zero-order valence-electron chi connectivity index (χ0n) is 12.4. The molecule has 0 bridgehead atoms. The fourth-order valence-electron chi connectivity index (χ4n) is 3.49. The van der Waals surface area contributed by atoms with Gasteiger partial charge in [-0.05, 0) is 24.8 Å². The maximum Gasteiger partial charge on any atom is 0.141 e. The van der Waals surface area contributed by atoms with E-state index in [1.807, 2.05) is 23.1 Å². The minimum atomic E-state index is -0.381. The van der Waals surface area contributed by atoms with Gasteiger partial charge in [0.05, 0.1) is 36.6 Å². The Balaban J connectivity index is 1.72. The van der Waals surface area contributed by atoms with Crippen LogP contribution in [0.25, 0.3) is 22.3 Å². The molecule has 1 aliphatic rings. The van der Waals surface area contributed by atoms with Gasteiger partial charge in [0.15, 0.2) is 0 Å². The average Bonchev–Trinajstić information content (AvgIpc) is 3.18. The molecule has 3 heterocycles. The van der Waals surface area contributed by atoms with Crippen molar-refractivity contribution in [3.05, 3.63) is 31.0 Å². The molecule has 1 N–H and O–H groups in total. The number of hydrogen-bond acceptors (Lipinski definition) is 4. The zero-order chi connectivity index (χ0) is 15.9. The van der Waals surface area contributed by atoms with Crippen molar-refractivity contribution in [2.45, 2.75) is 24.8 Å². The maximum atomic E-state index is 12.8. The highest BCUT2D eigenvalue weighted by molar-refractivity contribution is 5.89. The molecule has 1 fully saturated rings. The van der Waals surface area contributed by atoms with Crippen LogP contribution in [0.2, 0.25) is 0 Å². The van der Waals surface area contributed by atoms with E-state index in [1.54, 1.807) is 6.20 Å². The minimum absolute atomic E-state index is 0.0337. The highest BCUT2D eigenvalue weighted by atomic mass is 19.1. The lowest BCUT2D eigenvalue weighted by Gasteiger charge is -2.45. The van der Waals surface area contributed by atoms with E-state index in [9.17, 15) is 4.39 Å². The SMILES string of the molecule is N#CCC1(n2cc(-c3ncnc4[nH]ccc34)cn2)CC(CF)C1. The van der Waals surface area contributed by atoms with Gasteiger partial charge in [-0.25, -0.2) is 9.97 Å². The molecule has 6 nitrogen and oxygen atoms in total. The first-order valence-corrected chi connectivity index (χ1v) is 7.52. The van der Waals surface area contributed by atoms with Gasteiger partial charge in [0.25, 0.3) is 0 Å². The summed E-state index contributed by atoms with van der Waals surface area (Å²) in [7, 11) is 0. The molecule has 7 heteroatoms. The maximum absolute atomic E-state index is 12.8. The van der Waals surface area contributed by atoms with Gasteiger partial charge in [-0.15, -0.1) is 0 Å². The van der Waals surface area contributed by atoms with Gasteiger partial charge in [0, 0.05) is 23.3 Å². The summed E-state index contributed by atoms with van der Waals surface area (Å²) in [6, 6.07) is 4.14. The summed E-state index contributed by atoms with van der Waals surface area (Å²) in [4.78, 5) is 11.6. The summed E-state index contributed by atoms with van der Waals surface area (Å²) in [5.41, 5.74) is 2.07. The highest BCUT2D eigenvalue weighted by Crippen LogP contribution is 2.46. The predicted octanol–water partition coefficient (Wildman–Crippen LogP) is 2.81. The Morgan fingerprint density at radius 3 is 3.09 bits per heavy atom. The third-order valence-electron chi connectivity index (χ3n) is 4.66. The average molecular weight is 310 g/mol.